The summed E-state index contributed by atoms with van der Waals surface area (Å²) in [7, 11) is 0. The molecule has 1 aromatic heterocycles. The average molecular weight is 349 g/mol. The minimum Gasteiger partial charge on any atom is -0.347 e. The van der Waals surface area contributed by atoms with Gasteiger partial charge in [-0.3, -0.25) is 9.59 Å². The predicted octanol–water partition coefficient (Wildman–Crippen LogP) is 3.50. The highest BCUT2D eigenvalue weighted by molar-refractivity contribution is 7.08. The van der Waals surface area contributed by atoms with Gasteiger partial charge in [0.1, 0.15) is 0 Å². The van der Waals surface area contributed by atoms with Gasteiger partial charge >= 0.3 is 11.8 Å². The third-order valence-electron chi connectivity index (χ3n) is 4.30. The lowest BCUT2D eigenvalue weighted by Crippen LogP contribution is -2.39. The topological polar surface area (TPSA) is 58.2 Å². The Morgan fingerprint density at radius 3 is 2.70 bits per heavy atom. The maximum absolute atomic E-state index is 12.0. The van der Waals surface area contributed by atoms with Crippen molar-refractivity contribution in [1.29, 1.82) is 0 Å². The van der Waals surface area contributed by atoms with E-state index in [2.05, 4.69) is 22.1 Å². The number of benzene rings is 1. The van der Waals surface area contributed by atoms with Crippen LogP contribution < -0.4 is 10.6 Å². The number of halogens is 1. The number of carbonyl (C=O) groups is 2. The highest BCUT2D eigenvalue weighted by Crippen LogP contribution is 2.48. The summed E-state index contributed by atoms with van der Waals surface area (Å²) in [5.74, 6) is -1.29. The van der Waals surface area contributed by atoms with E-state index in [1.807, 2.05) is 5.38 Å². The van der Waals surface area contributed by atoms with Crippen LogP contribution in [0.5, 0.6) is 0 Å². The number of amides is 2. The Hall–Kier alpha value is -1.85. The average Bonchev–Trinajstić information content (AvgIpc) is 3.12. The maximum atomic E-state index is 12.0. The minimum atomic E-state index is -0.670. The second-order valence-electron chi connectivity index (χ2n) is 5.84. The normalized spacial score (nSPS) is 15.0. The Morgan fingerprint density at radius 1 is 1.26 bits per heavy atom. The lowest BCUT2D eigenvalue weighted by atomic mass is 9.99. The SMILES string of the molecule is Cc1c(Cl)cccc1NC(=O)C(=O)NCC1(c2ccsc2)CC1. The Balaban J connectivity index is 1.58. The molecule has 2 aromatic rings. The first kappa shape index (κ1) is 16.0. The van der Waals surface area contributed by atoms with Crippen molar-refractivity contribution < 1.29 is 9.59 Å². The van der Waals surface area contributed by atoms with Crippen molar-refractivity contribution >= 4 is 40.4 Å². The zero-order valence-corrected chi connectivity index (χ0v) is 14.3. The molecule has 1 aliphatic carbocycles. The minimum absolute atomic E-state index is 0.0158. The molecular formula is C17H17ClN2O2S. The third kappa shape index (κ3) is 3.41. The van der Waals surface area contributed by atoms with Gasteiger partial charge in [0, 0.05) is 22.7 Å². The van der Waals surface area contributed by atoms with E-state index in [1.54, 1.807) is 36.5 Å². The van der Waals surface area contributed by atoms with Crippen LogP contribution in [0.4, 0.5) is 5.69 Å². The van der Waals surface area contributed by atoms with Gasteiger partial charge in [0.15, 0.2) is 0 Å². The molecule has 0 spiro atoms. The fourth-order valence-corrected chi connectivity index (χ4v) is 3.49. The highest BCUT2D eigenvalue weighted by atomic mass is 35.5. The summed E-state index contributed by atoms with van der Waals surface area (Å²) in [5.41, 5.74) is 2.56. The summed E-state index contributed by atoms with van der Waals surface area (Å²) in [4.78, 5) is 24.1. The fraction of sp³-hybridized carbons (Fsp3) is 0.294. The largest absolute Gasteiger partial charge is 0.347 e. The van der Waals surface area contributed by atoms with Crippen LogP contribution in [-0.2, 0) is 15.0 Å². The molecule has 1 saturated carbocycles. The number of hydrogen-bond donors (Lipinski definition) is 2. The van der Waals surface area contributed by atoms with E-state index < -0.39 is 11.8 Å². The third-order valence-corrected chi connectivity index (χ3v) is 5.39. The molecule has 1 heterocycles. The molecule has 1 aliphatic rings. The first-order valence-corrected chi connectivity index (χ1v) is 8.71. The van der Waals surface area contributed by atoms with Crippen molar-refractivity contribution in [3.8, 4) is 0 Å². The van der Waals surface area contributed by atoms with Crippen LogP contribution in [0.1, 0.15) is 24.0 Å². The van der Waals surface area contributed by atoms with Crippen LogP contribution in [0.15, 0.2) is 35.0 Å². The van der Waals surface area contributed by atoms with Gasteiger partial charge in [-0.25, -0.2) is 0 Å². The molecular weight excluding hydrogens is 332 g/mol. The Morgan fingerprint density at radius 2 is 2.04 bits per heavy atom. The van der Waals surface area contributed by atoms with Gasteiger partial charge in [0.05, 0.1) is 0 Å². The second kappa shape index (κ2) is 6.34. The first-order valence-electron chi connectivity index (χ1n) is 7.39. The number of anilines is 1. The second-order valence-corrected chi connectivity index (χ2v) is 7.03. The van der Waals surface area contributed by atoms with Crippen LogP contribution in [0.25, 0.3) is 0 Å². The molecule has 6 heteroatoms. The summed E-state index contributed by atoms with van der Waals surface area (Å²) >= 11 is 7.66. The zero-order chi connectivity index (χ0) is 16.4. The van der Waals surface area contributed by atoms with Gasteiger partial charge in [0.25, 0.3) is 0 Å². The van der Waals surface area contributed by atoms with Crippen molar-refractivity contribution in [2.24, 2.45) is 0 Å². The first-order chi connectivity index (χ1) is 11.0. The standard InChI is InChI=1S/C17H17ClN2O2S/c1-11-13(18)3-2-4-14(11)20-16(22)15(21)19-10-17(6-7-17)12-5-8-23-9-12/h2-5,8-9H,6-7,10H2,1H3,(H,19,21)(H,20,22). The Labute approximate surface area is 143 Å². The van der Waals surface area contributed by atoms with E-state index in [4.69, 9.17) is 11.6 Å². The van der Waals surface area contributed by atoms with E-state index in [1.165, 1.54) is 5.56 Å². The molecule has 2 N–H and O–H groups in total. The van der Waals surface area contributed by atoms with Crippen LogP contribution >= 0.6 is 22.9 Å². The molecule has 120 valence electrons. The van der Waals surface area contributed by atoms with Gasteiger partial charge in [-0.1, -0.05) is 17.7 Å². The fourth-order valence-electron chi connectivity index (χ4n) is 2.54. The Kier molecular flexibility index (Phi) is 4.41. The van der Waals surface area contributed by atoms with Crippen molar-refractivity contribution in [2.75, 3.05) is 11.9 Å². The lowest BCUT2D eigenvalue weighted by molar-refractivity contribution is -0.136. The number of thiophene rings is 1. The molecule has 0 saturated heterocycles. The monoisotopic (exact) mass is 348 g/mol. The van der Waals surface area contributed by atoms with E-state index in [0.29, 0.717) is 17.3 Å². The summed E-state index contributed by atoms with van der Waals surface area (Å²) in [6.45, 7) is 2.29. The molecule has 4 nitrogen and oxygen atoms in total. The van der Waals surface area contributed by atoms with Gasteiger partial charge in [0.2, 0.25) is 0 Å². The number of rotatable bonds is 4. The van der Waals surface area contributed by atoms with Crippen LogP contribution in [-0.4, -0.2) is 18.4 Å². The van der Waals surface area contributed by atoms with Crippen molar-refractivity contribution in [3.05, 3.63) is 51.2 Å². The zero-order valence-electron chi connectivity index (χ0n) is 12.7. The van der Waals surface area contributed by atoms with E-state index in [9.17, 15) is 9.59 Å². The molecule has 0 radical (unpaired) electrons. The van der Waals surface area contributed by atoms with Crippen molar-refractivity contribution in [1.82, 2.24) is 5.32 Å². The Bertz CT molecular complexity index is 739. The molecule has 23 heavy (non-hydrogen) atoms. The van der Waals surface area contributed by atoms with Gasteiger partial charge < -0.3 is 10.6 Å². The van der Waals surface area contributed by atoms with Gasteiger partial charge in [-0.05, 0) is 59.9 Å². The molecule has 0 bridgehead atoms. The molecule has 1 aromatic carbocycles. The molecule has 2 amide bonds. The van der Waals surface area contributed by atoms with E-state index in [0.717, 1.165) is 18.4 Å². The predicted molar refractivity (Wildman–Crippen MR) is 93.1 cm³/mol. The van der Waals surface area contributed by atoms with Crippen molar-refractivity contribution in [2.45, 2.75) is 25.2 Å². The molecule has 3 rings (SSSR count). The maximum Gasteiger partial charge on any atom is 0.313 e. The number of carbonyl (C=O) groups excluding carboxylic acids is 2. The summed E-state index contributed by atoms with van der Waals surface area (Å²) in [5, 5.41) is 10.0. The quantitative estimate of drug-likeness (QED) is 0.831. The number of nitrogens with one attached hydrogen (secondary N) is 2. The summed E-state index contributed by atoms with van der Waals surface area (Å²) < 4.78 is 0. The molecule has 0 atom stereocenters. The molecule has 1 fully saturated rings. The number of hydrogen-bond acceptors (Lipinski definition) is 3. The lowest BCUT2D eigenvalue weighted by Gasteiger charge is -2.15. The van der Waals surface area contributed by atoms with Crippen LogP contribution in [0.2, 0.25) is 5.02 Å². The van der Waals surface area contributed by atoms with Crippen molar-refractivity contribution in [3.63, 3.8) is 0 Å². The molecule has 0 aliphatic heterocycles. The van der Waals surface area contributed by atoms with Gasteiger partial charge in [-0.15, -0.1) is 0 Å². The van der Waals surface area contributed by atoms with E-state index in [-0.39, 0.29) is 5.41 Å². The summed E-state index contributed by atoms with van der Waals surface area (Å²) in [6, 6.07) is 7.28. The smallest absolute Gasteiger partial charge is 0.313 e. The van der Waals surface area contributed by atoms with E-state index >= 15 is 0 Å². The van der Waals surface area contributed by atoms with Crippen LogP contribution in [0, 0.1) is 6.92 Å². The van der Waals surface area contributed by atoms with Gasteiger partial charge in [-0.2, -0.15) is 11.3 Å². The van der Waals surface area contributed by atoms with Crippen LogP contribution in [0.3, 0.4) is 0 Å². The molecule has 0 unspecified atom stereocenters. The highest BCUT2D eigenvalue weighted by Gasteiger charge is 2.44. The summed E-state index contributed by atoms with van der Waals surface area (Å²) in [6.07, 6.45) is 2.08.